The molecule has 0 aliphatic carbocycles. The molecule has 1 heterocycles. The fraction of sp³-hybridized carbons (Fsp3) is 0.261. The van der Waals surface area contributed by atoms with Crippen molar-refractivity contribution in [3.63, 3.8) is 0 Å². The Morgan fingerprint density at radius 1 is 1.19 bits per heavy atom. The number of aryl methyl sites for hydroxylation is 1. The van der Waals surface area contributed by atoms with Crippen LogP contribution in [0.5, 0.6) is 5.75 Å². The van der Waals surface area contributed by atoms with Crippen LogP contribution in [0.15, 0.2) is 47.4 Å². The van der Waals surface area contributed by atoms with Gasteiger partial charge in [-0.1, -0.05) is 43.1 Å². The molecule has 0 aromatic heterocycles. The molecule has 0 saturated carbocycles. The van der Waals surface area contributed by atoms with Gasteiger partial charge in [0, 0.05) is 10.7 Å². The second-order valence-corrected chi connectivity index (χ2v) is 8.48. The molecule has 31 heavy (non-hydrogen) atoms. The van der Waals surface area contributed by atoms with E-state index in [9.17, 15) is 14.4 Å². The van der Waals surface area contributed by atoms with Crippen molar-refractivity contribution < 1.29 is 19.1 Å². The van der Waals surface area contributed by atoms with Crippen molar-refractivity contribution in [1.29, 1.82) is 0 Å². The predicted octanol–water partition coefficient (Wildman–Crippen LogP) is 5.50. The van der Waals surface area contributed by atoms with E-state index in [0.717, 1.165) is 46.4 Å². The molecule has 8 heteroatoms. The molecule has 6 nitrogen and oxygen atoms in total. The number of nitrogens with zero attached hydrogens (tertiary/aromatic N) is 1. The van der Waals surface area contributed by atoms with Crippen molar-refractivity contribution in [2.75, 3.05) is 18.5 Å². The van der Waals surface area contributed by atoms with Gasteiger partial charge in [0.15, 0.2) is 0 Å². The van der Waals surface area contributed by atoms with E-state index < -0.39 is 17.1 Å². The third-order valence-electron chi connectivity index (χ3n) is 4.59. The minimum absolute atomic E-state index is 0.274. The number of thioether (sulfide) groups is 1. The topological polar surface area (TPSA) is 75.7 Å². The first-order valence-corrected chi connectivity index (χ1v) is 11.1. The van der Waals surface area contributed by atoms with Gasteiger partial charge in [-0.15, -0.1) is 0 Å². The van der Waals surface area contributed by atoms with E-state index in [4.69, 9.17) is 16.3 Å². The summed E-state index contributed by atoms with van der Waals surface area (Å²) < 4.78 is 5.63. The summed E-state index contributed by atoms with van der Waals surface area (Å²) in [6.45, 7) is 4.22. The molecule has 1 fully saturated rings. The van der Waals surface area contributed by atoms with Gasteiger partial charge in [0.2, 0.25) is 5.91 Å². The highest BCUT2D eigenvalue weighted by molar-refractivity contribution is 8.18. The Bertz CT molecular complexity index is 1020. The van der Waals surface area contributed by atoms with E-state index in [1.165, 1.54) is 0 Å². The Labute approximate surface area is 190 Å². The van der Waals surface area contributed by atoms with E-state index in [0.29, 0.717) is 17.3 Å². The summed E-state index contributed by atoms with van der Waals surface area (Å²) >= 11 is 6.78. The van der Waals surface area contributed by atoms with Gasteiger partial charge >= 0.3 is 0 Å². The van der Waals surface area contributed by atoms with E-state index in [-0.39, 0.29) is 11.4 Å². The lowest BCUT2D eigenvalue weighted by Crippen LogP contribution is -2.36. The summed E-state index contributed by atoms with van der Waals surface area (Å²) in [5.74, 6) is -0.203. The van der Waals surface area contributed by atoms with Crippen LogP contribution in [-0.2, 0) is 9.59 Å². The molecular formula is C23H23ClN2O4S. The zero-order chi connectivity index (χ0) is 22.4. The zero-order valence-corrected chi connectivity index (χ0v) is 18.9. The Morgan fingerprint density at radius 3 is 2.65 bits per heavy atom. The molecule has 2 aromatic rings. The molecule has 3 rings (SSSR count). The first kappa shape index (κ1) is 22.9. The van der Waals surface area contributed by atoms with Crippen molar-refractivity contribution in [2.24, 2.45) is 0 Å². The number of nitrogens with one attached hydrogen (secondary N) is 1. The number of rotatable bonds is 8. The second kappa shape index (κ2) is 10.5. The molecular weight excluding hydrogens is 436 g/mol. The smallest absolute Gasteiger partial charge is 0.294 e. The molecule has 1 aliphatic heterocycles. The minimum Gasteiger partial charge on any atom is -0.494 e. The van der Waals surface area contributed by atoms with Gasteiger partial charge in [0.25, 0.3) is 11.1 Å². The third kappa shape index (κ3) is 6.12. The summed E-state index contributed by atoms with van der Waals surface area (Å²) in [6.07, 6.45) is 3.68. The molecule has 3 amide bonds. The van der Waals surface area contributed by atoms with E-state index >= 15 is 0 Å². The number of imide groups is 1. The molecule has 0 bridgehead atoms. The lowest BCUT2D eigenvalue weighted by atomic mass is 10.2. The number of hydrogen-bond acceptors (Lipinski definition) is 5. The van der Waals surface area contributed by atoms with E-state index in [1.807, 2.05) is 31.2 Å². The van der Waals surface area contributed by atoms with Gasteiger partial charge < -0.3 is 10.1 Å². The van der Waals surface area contributed by atoms with Crippen LogP contribution < -0.4 is 10.1 Å². The van der Waals surface area contributed by atoms with Crippen molar-refractivity contribution in [1.82, 2.24) is 4.90 Å². The van der Waals surface area contributed by atoms with Gasteiger partial charge in [0.1, 0.15) is 12.3 Å². The Balaban J connectivity index is 1.63. The number of benzene rings is 2. The van der Waals surface area contributed by atoms with Gasteiger partial charge in [0.05, 0.1) is 11.5 Å². The number of unbranched alkanes of at least 4 members (excludes halogenated alkanes) is 1. The fourth-order valence-electron chi connectivity index (χ4n) is 2.84. The van der Waals surface area contributed by atoms with Gasteiger partial charge in [-0.3, -0.25) is 19.3 Å². The summed E-state index contributed by atoms with van der Waals surface area (Å²) in [5.41, 5.74) is 2.14. The van der Waals surface area contributed by atoms with Crippen LogP contribution in [0.1, 0.15) is 30.9 Å². The van der Waals surface area contributed by atoms with Crippen LogP contribution in [-0.4, -0.2) is 35.1 Å². The van der Waals surface area contributed by atoms with Crippen molar-refractivity contribution in [3.8, 4) is 5.75 Å². The van der Waals surface area contributed by atoms with E-state index in [2.05, 4.69) is 12.2 Å². The summed E-state index contributed by atoms with van der Waals surface area (Å²) in [6, 6.07) is 12.4. The van der Waals surface area contributed by atoms with Crippen LogP contribution in [0.4, 0.5) is 10.5 Å². The van der Waals surface area contributed by atoms with Gasteiger partial charge in [-0.25, -0.2) is 0 Å². The standard InChI is InChI=1S/C23H23ClN2O4S/c1-3-4-11-30-18-9-6-16(7-10-18)12-20-22(28)26(23(29)31-20)14-21(27)25-19-13-17(24)8-5-15(19)2/h5-10,12-13H,3-4,11,14H2,1-2H3,(H,25,27)/b20-12-. The van der Waals surface area contributed by atoms with Crippen molar-refractivity contribution >= 4 is 52.2 Å². The Morgan fingerprint density at radius 2 is 1.94 bits per heavy atom. The first-order valence-electron chi connectivity index (χ1n) is 9.91. The molecule has 0 spiro atoms. The van der Waals surface area contributed by atoms with Crippen LogP contribution in [0.25, 0.3) is 6.08 Å². The Hall–Kier alpha value is -2.77. The van der Waals surface area contributed by atoms with E-state index in [1.54, 1.807) is 24.3 Å². The van der Waals surface area contributed by atoms with Gasteiger partial charge in [-0.2, -0.15) is 0 Å². The maximum atomic E-state index is 12.7. The zero-order valence-electron chi connectivity index (χ0n) is 17.3. The number of carbonyl (C=O) groups excluding carboxylic acids is 3. The molecule has 162 valence electrons. The summed E-state index contributed by atoms with van der Waals surface area (Å²) in [7, 11) is 0. The molecule has 1 saturated heterocycles. The quantitative estimate of drug-likeness (QED) is 0.417. The molecule has 1 aliphatic rings. The minimum atomic E-state index is -0.490. The highest BCUT2D eigenvalue weighted by atomic mass is 35.5. The average Bonchev–Trinajstić information content (AvgIpc) is 2.99. The fourth-order valence-corrected chi connectivity index (χ4v) is 3.85. The number of carbonyl (C=O) groups is 3. The molecule has 2 aromatic carbocycles. The number of amides is 3. The summed E-state index contributed by atoms with van der Waals surface area (Å²) in [4.78, 5) is 38.6. The van der Waals surface area contributed by atoms with Crippen LogP contribution in [0.3, 0.4) is 0 Å². The first-order chi connectivity index (χ1) is 14.9. The molecule has 0 unspecified atom stereocenters. The van der Waals surface area contributed by atoms with Crippen LogP contribution in [0.2, 0.25) is 5.02 Å². The lowest BCUT2D eigenvalue weighted by molar-refractivity contribution is -0.127. The monoisotopic (exact) mass is 458 g/mol. The number of anilines is 1. The maximum absolute atomic E-state index is 12.7. The van der Waals surface area contributed by atoms with Crippen molar-refractivity contribution in [2.45, 2.75) is 26.7 Å². The number of hydrogen-bond donors (Lipinski definition) is 1. The lowest BCUT2D eigenvalue weighted by Gasteiger charge is -2.13. The predicted molar refractivity (Wildman–Crippen MR) is 124 cm³/mol. The normalized spacial score (nSPS) is 14.9. The summed E-state index contributed by atoms with van der Waals surface area (Å²) in [5, 5.41) is 2.70. The largest absolute Gasteiger partial charge is 0.494 e. The third-order valence-corrected chi connectivity index (χ3v) is 5.74. The maximum Gasteiger partial charge on any atom is 0.294 e. The molecule has 0 atom stereocenters. The van der Waals surface area contributed by atoms with Crippen molar-refractivity contribution in [3.05, 3.63) is 63.5 Å². The van der Waals surface area contributed by atoms with Crippen LogP contribution in [0, 0.1) is 6.92 Å². The van der Waals surface area contributed by atoms with Gasteiger partial charge in [-0.05, 0) is 66.6 Å². The average molecular weight is 459 g/mol. The second-order valence-electron chi connectivity index (χ2n) is 7.05. The van der Waals surface area contributed by atoms with Crippen LogP contribution >= 0.6 is 23.4 Å². The molecule has 0 radical (unpaired) electrons. The Kier molecular flexibility index (Phi) is 7.76. The molecule has 1 N–H and O–H groups in total. The SMILES string of the molecule is CCCCOc1ccc(/C=C2\SC(=O)N(CC(=O)Nc3cc(Cl)ccc3C)C2=O)cc1. The number of ether oxygens (including phenoxy) is 1. The highest BCUT2D eigenvalue weighted by Gasteiger charge is 2.36. The highest BCUT2D eigenvalue weighted by Crippen LogP contribution is 2.32. The number of halogens is 1.